The second-order valence-corrected chi connectivity index (χ2v) is 6.10. The number of hydrogen-bond donors (Lipinski definition) is 0. The molecule has 0 radical (unpaired) electrons. The highest BCUT2D eigenvalue weighted by molar-refractivity contribution is 5.81. The summed E-state index contributed by atoms with van der Waals surface area (Å²) < 4.78 is 21.4. The van der Waals surface area contributed by atoms with Gasteiger partial charge in [-0.25, -0.2) is 9.37 Å². The third-order valence-corrected chi connectivity index (χ3v) is 4.42. The molecule has 0 aliphatic carbocycles. The molecule has 3 rings (SSSR count). The first kappa shape index (κ1) is 17.3. The van der Waals surface area contributed by atoms with Crippen molar-refractivity contribution in [3.05, 3.63) is 42.5 Å². The molecule has 25 heavy (non-hydrogen) atoms. The van der Waals surface area contributed by atoms with Crippen LogP contribution >= 0.6 is 0 Å². The fourth-order valence-corrected chi connectivity index (χ4v) is 2.99. The minimum absolute atomic E-state index is 0.0924. The summed E-state index contributed by atoms with van der Waals surface area (Å²) in [7, 11) is 1.95. The zero-order chi connectivity index (χ0) is 17.8. The Hall–Kier alpha value is -2.57. The molecule has 2 aromatic rings. The fraction of sp³-hybridized carbons (Fsp3) is 0.444. The number of aryl methyl sites for hydroxylation is 1. The predicted octanol–water partition coefficient (Wildman–Crippen LogP) is 2.07. The smallest absolute Gasteiger partial charge is 0.263 e. The van der Waals surface area contributed by atoms with E-state index in [2.05, 4.69) is 9.88 Å². The zero-order valence-corrected chi connectivity index (χ0v) is 14.6. The Kier molecular flexibility index (Phi) is 5.21. The first-order chi connectivity index (χ1) is 12.1. The molecule has 1 aromatic carbocycles. The Morgan fingerprint density at radius 2 is 2.00 bits per heavy atom. The van der Waals surface area contributed by atoms with Crippen LogP contribution in [0.5, 0.6) is 5.75 Å². The molecule has 0 N–H and O–H groups in total. The highest BCUT2D eigenvalue weighted by Gasteiger charge is 2.29. The number of hydrogen-bond acceptors (Lipinski definition) is 4. The molecule has 0 spiro atoms. The fourth-order valence-electron chi connectivity index (χ4n) is 2.99. The summed E-state index contributed by atoms with van der Waals surface area (Å²) >= 11 is 0. The Bertz CT molecular complexity index is 725. The van der Waals surface area contributed by atoms with Gasteiger partial charge in [-0.1, -0.05) is 19.1 Å². The van der Waals surface area contributed by atoms with Crippen molar-refractivity contribution in [2.75, 3.05) is 31.1 Å². The van der Waals surface area contributed by atoms with E-state index in [4.69, 9.17) is 4.74 Å². The van der Waals surface area contributed by atoms with Gasteiger partial charge in [0, 0.05) is 45.6 Å². The van der Waals surface area contributed by atoms with Crippen molar-refractivity contribution in [3.63, 3.8) is 0 Å². The van der Waals surface area contributed by atoms with Gasteiger partial charge in [-0.15, -0.1) is 0 Å². The van der Waals surface area contributed by atoms with Crippen LogP contribution in [0, 0.1) is 5.82 Å². The van der Waals surface area contributed by atoms with E-state index < -0.39 is 11.9 Å². The summed E-state index contributed by atoms with van der Waals surface area (Å²) in [5, 5.41) is 0. The summed E-state index contributed by atoms with van der Waals surface area (Å²) in [6.07, 6.45) is 3.49. The molecule has 1 saturated heterocycles. The van der Waals surface area contributed by atoms with Gasteiger partial charge in [-0.2, -0.15) is 0 Å². The number of carbonyl (C=O) groups excluding carboxylic acids is 1. The van der Waals surface area contributed by atoms with Crippen molar-refractivity contribution in [2.45, 2.75) is 19.4 Å². The van der Waals surface area contributed by atoms with Crippen molar-refractivity contribution in [1.29, 1.82) is 0 Å². The average Bonchev–Trinajstić information content (AvgIpc) is 3.06. The van der Waals surface area contributed by atoms with Gasteiger partial charge >= 0.3 is 0 Å². The van der Waals surface area contributed by atoms with Crippen LogP contribution in [0.25, 0.3) is 0 Å². The van der Waals surface area contributed by atoms with Gasteiger partial charge in [0.1, 0.15) is 0 Å². The van der Waals surface area contributed by atoms with Crippen LogP contribution < -0.4 is 9.64 Å². The maximum absolute atomic E-state index is 13.8. The molecule has 1 fully saturated rings. The van der Waals surface area contributed by atoms with Crippen LogP contribution in [0.15, 0.2) is 36.7 Å². The second kappa shape index (κ2) is 7.55. The molecular weight excluding hydrogens is 323 g/mol. The number of amides is 1. The lowest BCUT2D eigenvalue weighted by atomic mass is 10.2. The molecule has 1 amide bonds. The Balaban J connectivity index is 1.61. The van der Waals surface area contributed by atoms with Crippen molar-refractivity contribution in [1.82, 2.24) is 14.5 Å². The quantitative estimate of drug-likeness (QED) is 0.832. The number of halogens is 1. The lowest BCUT2D eigenvalue weighted by Crippen LogP contribution is -2.52. The number of benzene rings is 1. The molecule has 1 aliphatic rings. The van der Waals surface area contributed by atoms with Crippen LogP contribution in [0.3, 0.4) is 0 Å². The highest BCUT2D eigenvalue weighted by Crippen LogP contribution is 2.20. The zero-order valence-electron chi connectivity index (χ0n) is 14.6. The van der Waals surface area contributed by atoms with Gasteiger partial charge in [0.2, 0.25) is 5.95 Å². The van der Waals surface area contributed by atoms with E-state index in [1.807, 2.05) is 24.7 Å². The lowest BCUT2D eigenvalue weighted by molar-refractivity contribution is -0.139. The minimum atomic E-state index is -0.670. The van der Waals surface area contributed by atoms with Gasteiger partial charge < -0.3 is 19.1 Å². The van der Waals surface area contributed by atoms with E-state index in [1.54, 1.807) is 29.3 Å². The highest BCUT2D eigenvalue weighted by atomic mass is 19.1. The van der Waals surface area contributed by atoms with E-state index in [0.29, 0.717) is 32.6 Å². The number of imidazole rings is 1. The molecule has 0 bridgehead atoms. The second-order valence-electron chi connectivity index (χ2n) is 6.10. The van der Waals surface area contributed by atoms with E-state index in [1.165, 1.54) is 6.07 Å². The number of aromatic nitrogens is 2. The first-order valence-electron chi connectivity index (χ1n) is 8.52. The van der Waals surface area contributed by atoms with Crippen LogP contribution in [0.4, 0.5) is 10.3 Å². The minimum Gasteiger partial charge on any atom is -0.478 e. The molecule has 1 aliphatic heterocycles. The van der Waals surface area contributed by atoms with Crippen LogP contribution in [0.2, 0.25) is 0 Å². The number of rotatable bonds is 5. The summed E-state index contributed by atoms with van der Waals surface area (Å²) in [6, 6.07) is 6.17. The molecule has 1 atom stereocenters. The molecule has 0 unspecified atom stereocenters. The number of carbonyl (C=O) groups is 1. The first-order valence-corrected chi connectivity index (χ1v) is 8.52. The monoisotopic (exact) mass is 346 g/mol. The van der Waals surface area contributed by atoms with E-state index in [-0.39, 0.29) is 11.7 Å². The van der Waals surface area contributed by atoms with Gasteiger partial charge in [0.25, 0.3) is 5.91 Å². The number of piperazine rings is 1. The molecule has 7 heteroatoms. The number of anilines is 1. The Morgan fingerprint density at radius 3 is 2.60 bits per heavy atom. The normalized spacial score (nSPS) is 16.0. The summed E-state index contributed by atoms with van der Waals surface area (Å²) in [5.74, 6) is 0.481. The standard InChI is InChI=1S/C18H23FN4O2/c1-3-15(25-16-7-5-4-6-14(16)19)17(24)22-10-12-23(13-11-22)18-20-8-9-21(18)2/h4-9,15H,3,10-13H2,1-2H3/t15-/m0/s1. The van der Waals surface area contributed by atoms with Crippen LogP contribution in [0.1, 0.15) is 13.3 Å². The van der Waals surface area contributed by atoms with E-state index in [9.17, 15) is 9.18 Å². The van der Waals surface area contributed by atoms with Gasteiger partial charge in [-0.05, 0) is 18.6 Å². The summed E-state index contributed by atoms with van der Waals surface area (Å²) in [4.78, 5) is 21.0. The molecule has 6 nitrogen and oxygen atoms in total. The number of ether oxygens (including phenoxy) is 1. The summed E-state index contributed by atoms with van der Waals surface area (Å²) in [5.41, 5.74) is 0. The Morgan fingerprint density at radius 1 is 1.28 bits per heavy atom. The van der Waals surface area contributed by atoms with Gasteiger partial charge in [-0.3, -0.25) is 4.79 Å². The lowest BCUT2D eigenvalue weighted by Gasteiger charge is -2.36. The van der Waals surface area contributed by atoms with Gasteiger partial charge in [0.05, 0.1) is 0 Å². The SMILES string of the molecule is CC[C@H](Oc1ccccc1F)C(=O)N1CCN(c2nccn2C)CC1. The number of nitrogens with zero attached hydrogens (tertiary/aromatic N) is 4. The van der Waals surface area contributed by atoms with Crippen molar-refractivity contribution in [3.8, 4) is 5.75 Å². The molecule has 1 aromatic heterocycles. The maximum atomic E-state index is 13.8. The van der Waals surface area contributed by atoms with Crippen LogP contribution in [-0.2, 0) is 11.8 Å². The Labute approximate surface area is 146 Å². The predicted molar refractivity (Wildman–Crippen MR) is 93.1 cm³/mol. The number of para-hydroxylation sites is 1. The van der Waals surface area contributed by atoms with E-state index in [0.717, 1.165) is 5.95 Å². The van der Waals surface area contributed by atoms with Crippen molar-refractivity contribution >= 4 is 11.9 Å². The van der Waals surface area contributed by atoms with Crippen LogP contribution in [-0.4, -0.2) is 52.6 Å². The van der Waals surface area contributed by atoms with Crippen molar-refractivity contribution < 1.29 is 13.9 Å². The molecule has 0 saturated carbocycles. The molecule has 134 valence electrons. The average molecular weight is 346 g/mol. The van der Waals surface area contributed by atoms with Crippen molar-refractivity contribution in [2.24, 2.45) is 7.05 Å². The van der Waals surface area contributed by atoms with E-state index >= 15 is 0 Å². The maximum Gasteiger partial charge on any atom is 0.263 e. The topological polar surface area (TPSA) is 50.6 Å². The van der Waals surface area contributed by atoms with Gasteiger partial charge in [0.15, 0.2) is 17.7 Å². The molecule has 2 heterocycles. The third-order valence-electron chi connectivity index (χ3n) is 4.42. The largest absolute Gasteiger partial charge is 0.478 e. The third kappa shape index (κ3) is 3.75. The molecular formula is C18H23FN4O2. The summed E-state index contributed by atoms with van der Waals surface area (Å²) in [6.45, 7) is 4.50.